The minimum absolute atomic E-state index is 0.00846. The number of nitrogens with one attached hydrogen (secondary N) is 1. The van der Waals surface area contributed by atoms with Gasteiger partial charge in [0, 0.05) is 11.3 Å². The number of Topliss-reactive ketones (excluding diaryl/α,β-unsaturated/α-hetero) is 1. The zero-order valence-corrected chi connectivity index (χ0v) is 16.3. The monoisotopic (exact) mass is 397 g/mol. The molecule has 1 unspecified atom stereocenters. The van der Waals surface area contributed by atoms with Crippen LogP contribution in [0.5, 0.6) is 0 Å². The smallest absolute Gasteiger partial charge is 0.224 e. The van der Waals surface area contributed by atoms with E-state index in [9.17, 15) is 14.0 Å². The Kier molecular flexibility index (Phi) is 5.09. The normalized spacial score (nSPS) is 15.9. The Morgan fingerprint density at radius 1 is 1.36 bits per heavy atom. The van der Waals surface area contributed by atoms with Gasteiger partial charge in [0.1, 0.15) is 11.5 Å². The number of carbonyl (C=O) groups is 2. The van der Waals surface area contributed by atoms with Gasteiger partial charge in [-0.15, -0.1) is 11.3 Å². The first kappa shape index (κ1) is 18.6. The van der Waals surface area contributed by atoms with E-state index in [1.165, 1.54) is 24.3 Å². The highest BCUT2D eigenvalue weighted by Crippen LogP contribution is 2.31. The molecule has 1 aromatic carbocycles. The molecule has 144 valence electrons. The lowest BCUT2D eigenvalue weighted by Gasteiger charge is -2.24. The molecule has 1 aliphatic rings. The fourth-order valence-corrected chi connectivity index (χ4v) is 4.44. The molecule has 0 bridgehead atoms. The minimum Gasteiger partial charge on any atom is -0.349 e. The number of amides is 1. The first-order valence-electron chi connectivity index (χ1n) is 9.22. The van der Waals surface area contributed by atoms with Gasteiger partial charge >= 0.3 is 0 Å². The molecule has 0 aliphatic heterocycles. The van der Waals surface area contributed by atoms with E-state index in [2.05, 4.69) is 10.4 Å². The van der Waals surface area contributed by atoms with E-state index in [0.717, 1.165) is 36.1 Å². The number of ketones is 1. The number of fused-ring (bicyclic) bond motifs is 1. The van der Waals surface area contributed by atoms with Crippen LogP contribution in [0.3, 0.4) is 0 Å². The van der Waals surface area contributed by atoms with Gasteiger partial charge in [-0.3, -0.25) is 9.59 Å². The highest BCUT2D eigenvalue weighted by molar-refractivity contribution is 7.12. The van der Waals surface area contributed by atoms with Crippen LogP contribution in [0.15, 0.2) is 41.9 Å². The Bertz CT molecular complexity index is 1040. The van der Waals surface area contributed by atoms with E-state index in [1.807, 2.05) is 5.38 Å². The van der Waals surface area contributed by atoms with Gasteiger partial charge in [-0.1, -0.05) is 12.1 Å². The van der Waals surface area contributed by atoms with Crippen molar-refractivity contribution in [2.24, 2.45) is 0 Å². The van der Waals surface area contributed by atoms with Gasteiger partial charge in [0.05, 0.1) is 23.5 Å². The standard InChI is InChI=1S/C21H20FN3O2S/c1-13(26)20-9-14(12-28-20)10-21(27)24-17-6-4-8-18-15(17)11-23-25(18)19-7-3-2-5-16(19)22/h2-3,5,7,9,11-12,17H,4,6,8,10H2,1H3,(H,24,27). The van der Waals surface area contributed by atoms with Crippen LogP contribution >= 0.6 is 11.3 Å². The van der Waals surface area contributed by atoms with Crippen molar-refractivity contribution < 1.29 is 14.0 Å². The largest absolute Gasteiger partial charge is 0.349 e. The second-order valence-electron chi connectivity index (χ2n) is 6.97. The summed E-state index contributed by atoms with van der Waals surface area (Å²) in [5, 5.41) is 9.30. The molecule has 28 heavy (non-hydrogen) atoms. The van der Waals surface area contributed by atoms with E-state index in [-0.39, 0.29) is 30.0 Å². The summed E-state index contributed by atoms with van der Waals surface area (Å²) in [6.07, 6.45) is 4.47. The van der Waals surface area contributed by atoms with Crippen LogP contribution in [0.25, 0.3) is 5.69 Å². The summed E-state index contributed by atoms with van der Waals surface area (Å²) in [4.78, 5) is 24.6. The number of hydrogen-bond acceptors (Lipinski definition) is 4. The lowest BCUT2D eigenvalue weighted by atomic mass is 9.92. The third-order valence-corrected chi connectivity index (χ3v) is 6.04. The second kappa shape index (κ2) is 7.67. The van der Waals surface area contributed by atoms with Gasteiger partial charge in [-0.2, -0.15) is 5.10 Å². The number of nitrogens with zero attached hydrogens (tertiary/aromatic N) is 2. The van der Waals surface area contributed by atoms with Crippen molar-refractivity contribution in [1.29, 1.82) is 0 Å². The highest BCUT2D eigenvalue weighted by atomic mass is 32.1. The van der Waals surface area contributed by atoms with E-state index >= 15 is 0 Å². The van der Waals surface area contributed by atoms with Crippen LogP contribution in [-0.4, -0.2) is 21.5 Å². The molecule has 1 amide bonds. The van der Waals surface area contributed by atoms with Crippen molar-refractivity contribution in [3.8, 4) is 5.69 Å². The van der Waals surface area contributed by atoms with Crippen molar-refractivity contribution >= 4 is 23.0 Å². The van der Waals surface area contributed by atoms with Crippen LogP contribution in [0.2, 0.25) is 0 Å². The first-order chi connectivity index (χ1) is 13.5. The fraction of sp³-hybridized carbons (Fsp3) is 0.286. The molecule has 1 atom stereocenters. The van der Waals surface area contributed by atoms with Gasteiger partial charge in [0.2, 0.25) is 5.91 Å². The summed E-state index contributed by atoms with van der Waals surface area (Å²) < 4.78 is 15.8. The Hall–Kier alpha value is -2.80. The van der Waals surface area contributed by atoms with E-state index in [1.54, 1.807) is 35.1 Å². The first-order valence-corrected chi connectivity index (χ1v) is 10.1. The zero-order valence-electron chi connectivity index (χ0n) is 15.4. The molecular formula is C21H20FN3O2S. The quantitative estimate of drug-likeness (QED) is 0.662. The average molecular weight is 397 g/mol. The summed E-state index contributed by atoms with van der Waals surface area (Å²) in [6.45, 7) is 1.52. The van der Waals surface area contributed by atoms with Gasteiger partial charge in [0.15, 0.2) is 5.78 Å². The third kappa shape index (κ3) is 3.62. The van der Waals surface area contributed by atoms with Crippen LogP contribution in [0, 0.1) is 5.82 Å². The maximum atomic E-state index is 14.2. The highest BCUT2D eigenvalue weighted by Gasteiger charge is 2.26. The zero-order chi connectivity index (χ0) is 19.7. The van der Waals surface area contributed by atoms with Crippen molar-refractivity contribution in [3.05, 3.63) is 69.4 Å². The maximum absolute atomic E-state index is 14.2. The van der Waals surface area contributed by atoms with Crippen LogP contribution in [0.4, 0.5) is 4.39 Å². The molecule has 0 fully saturated rings. The van der Waals surface area contributed by atoms with Gasteiger partial charge < -0.3 is 5.32 Å². The van der Waals surface area contributed by atoms with Crippen molar-refractivity contribution in [3.63, 3.8) is 0 Å². The SMILES string of the molecule is CC(=O)c1cc(CC(=O)NC2CCCc3c2cnn3-c2ccccc2F)cs1. The number of para-hydroxylation sites is 1. The van der Waals surface area contributed by atoms with Gasteiger partial charge in [0.25, 0.3) is 0 Å². The van der Waals surface area contributed by atoms with Crippen LogP contribution < -0.4 is 5.32 Å². The minimum atomic E-state index is -0.321. The predicted molar refractivity (Wildman–Crippen MR) is 105 cm³/mol. The summed E-state index contributed by atoms with van der Waals surface area (Å²) in [5.41, 5.74) is 3.14. The second-order valence-corrected chi connectivity index (χ2v) is 7.89. The fourth-order valence-electron chi connectivity index (χ4n) is 3.62. The average Bonchev–Trinajstić information content (AvgIpc) is 3.30. The van der Waals surface area contributed by atoms with Crippen LogP contribution in [0.1, 0.15) is 52.3 Å². The molecule has 2 heterocycles. The number of rotatable bonds is 5. The van der Waals surface area contributed by atoms with Gasteiger partial charge in [-0.05, 0) is 55.3 Å². The summed E-state index contributed by atoms with van der Waals surface area (Å²) in [6, 6.07) is 8.19. The molecule has 0 spiro atoms. The molecule has 4 rings (SSSR count). The predicted octanol–water partition coefficient (Wildman–Crippen LogP) is 4.01. The maximum Gasteiger partial charge on any atom is 0.224 e. The molecule has 0 saturated heterocycles. The number of halogens is 1. The Morgan fingerprint density at radius 2 is 2.18 bits per heavy atom. The van der Waals surface area contributed by atoms with E-state index in [0.29, 0.717) is 10.6 Å². The summed E-state index contributed by atoms with van der Waals surface area (Å²) in [7, 11) is 0. The van der Waals surface area contributed by atoms with Gasteiger partial charge in [-0.25, -0.2) is 9.07 Å². The van der Waals surface area contributed by atoms with Crippen molar-refractivity contribution in [2.45, 2.75) is 38.6 Å². The number of carbonyl (C=O) groups excluding carboxylic acids is 2. The summed E-state index contributed by atoms with van der Waals surface area (Å²) >= 11 is 1.36. The van der Waals surface area contributed by atoms with E-state index in [4.69, 9.17) is 0 Å². The molecular weight excluding hydrogens is 377 g/mol. The molecule has 0 saturated carbocycles. The Balaban J connectivity index is 1.51. The van der Waals surface area contributed by atoms with Crippen molar-refractivity contribution in [1.82, 2.24) is 15.1 Å². The van der Waals surface area contributed by atoms with Crippen LogP contribution in [-0.2, 0) is 17.6 Å². The lowest BCUT2D eigenvalue weighted by Crippen LogP contribution is -2.32. The lowest BCUT2D eigenvalue weighted by molar-refractivity contribution is -0.121. The van der Waals surface area contributed by atoms with E-state index < -0.39 is 0 Å². The molecule has 1 N–H and O–H groups in total. The third-order valence-electron chi connectivity index (χ3n) is 4.96. The molecule has 0 radical (unpaired) electrons. The Morgan fingerprint density at radius 3 is 2.93 bits per heavy atom. The number of benzene rings is 1. The molecule has 5 nitrogen and oxygen atoms in total. The molecule has 1 aliphatic carbocycles. The number of aromatic nitrogens is 2. The number of thiophene rings is 1. The van der Waals surface area contributed by atoms with Crippen molar-refractivity contribution in [2.75, 3.05) is 0 Å². The molecule has 7 heteroatoms. The number of hydrogen-bond donors (Lipinski definition) is 1. The summed E-state index contributed by atoms with van der Waals surface area (Å²) in [5.74, 6) is -0.406. The Labute approximate surface area is 166 Å². The molecule has 2 aromatic heterocycles. The topological polar surface area (TPSA) is 64.0 Å². The molecule has 3 aromatic rings.